The molecule has 1 saturated heterocycles. The Morgan fingerprint density at radius 3 is 2.65 bits per heavy atom. The molecule has 0 aliphatic carbocycles. The average Bonchev–Trinajstić information content (AvgIpc) is 2.42. The number of fused-ring (bicyclic) bond motifs is 1. The van der Waals surface area contributed by atoms with E-state index in [0.717, 1.165) is 6.07 Å². The van der Waals surface area contributed by atoms with Crippen LogP contribution in [0.15, 0.2) is 17.1 Å². The quantitative estimate of drug-likeness (QED) is 0.799. The number of hydrogen-bond acceptors (Lipinski definition) is 3. The van der Waals surface area contributed by atoms with Crippen LogP contribution in [0, 0.1) is 0 Å². The number of benzene rings is 1. The van der Waals surface area contributed by atoms with E-state index in [1.54, 1.807) is 0 Å². The second-order valence-electron chi connectivity index (χ2n) is 6.01. The molecule has 3 nitrogen and oxygen atoms in total. The number of piperidine rings is 1. The summed E-state index contributed by atoms with van der Waals surface area (Å²) in [7, 11) is 0. The number of nitrogens with zero attached hydrogens (tertiary/aromatic N) is 2. The third-order valence-electron chi connectivity index (χ3n) is 4.09. The van der Waals surface area contributed by atoms with Crippen LogP contribution in [-0.4, -0.2) is 31.3 Å². The standard InChI is InChI=1S/C15H16F5N3/c16-14(17)6-9(21)7-23(8-14)12-4-3-11(15(18,19)20)13-10(12)2-1-5-22-13/h3-5,9H,1-2,6-8,21H2. The molecule has 1 aromatic rings. The summed E-state index contributed by atoms with van der Waals surface area (Å²) in [4.78, 5) is 5.26. The Morgan fingerprint density at radius 1 is 1.26 bits per heavy atom. The van der Waals surface area contributed by atoms with Gasteiger partial charge < -0.3 is 10.6 Å². The molecule has 2 heterocycles. The van der Waals surface area contributed by atoms with Gasteiger partial charge in [-0.3, -0.25) is 4.99 Å². The highest BCUT2D eigenvalue weighted by atomic mass is 19.4. The Bertz CT molecular complexity index is 639. The number of rotatable bonds is 1. The Morgan fingerprint density at radius 2 is 2.00 bits per heavy atom. The molecular weight excluding hydrogens is 317 g/mol. The predicted molar refractivity (Wildman–Crippen MR) is 77.7 cm³/mol. The van der Waals surface area contributed by atoms with Crippen LogP contribution in [0.1, 0.15) is 24.0 Å². The van der Waals surface area contributed by atoms with Crippen molar-refractivity contribution in [3.63, 3.8) is 0 Å². The van der Waals surface area contributed by atoms with Crippen molar-refractivity contribution in [3.05, 3.63) is 23.3 Å². The van der Waals surface area contributed by atoms with Gasteiger partial charge in [0.2, 0.25) is 0 Å². The fourth-order valence-corrected chi connectivity index (χ4v) is 3.23. The molecule has 8 heteroatoms. The van der Waals surface area contributed by atoms with Gasteiger partial charge in [-0.15, -0.1) is 0 Å². The van der Waals surface area contributed by atoms with Crippen LogP contribution in [-0.2, 0) is 12.6 Å². The summed E-state index contributed by atoms with van der Waals surface area (Å²) >= 11 is 0. The molecule has 0 saturated carbocycles. The van der Waals surface area contributed by atoms with Crippen molar-refractivity contribution < 1.29 is 22.0 Å². The van der Waals surface area contributed by atoms with Gasteiger partial charge in [0.1, 0.15) is 0 Å². The summed E-state index contributed by atoms with van der Waals surface area (Å²) < 4.78 is 66.8. The van der Waals surface area contributed by atoms with Gasteiger partial charge in [-0.05, 0) is 25.0 Å². The van der Waals surface area contributed by atoms with E-state index in [0.29, 0.717) is 24.1 Å². The smallest absolute Gasteiger partial charge is 0.364 e. The largest absolute Gasteiger partial charge is 0.418 e. The van der Waals surface area contributed by atoms with E-state index in [-0.39, 0.29) is 12.2 Å². The lowest BCUT2D eigenvalue weighted by Crippen LogP contribution is -2.52. The monoisotopic (exact) mass is 333 g/mol. The summed E-state index contributed by atoms with van der Waals surface area (Å²) in [6, 6.07) is 1.45. The molecule has 1 unspecified atom stereocenters. The molecule has 2 aliphatic heterocycles. The zero-order valence-corrected chi connectivity index (χ0v) is 12.2. The van der Waals surface area contributed by atoms with E-state index >= 15 is 0 Å². The van der Waals surface area contributed by atoms with Gasteiger partial charge >= 0.3 is 6.18 Å². The van der Waals surface area contributed by atoms with E-state index in [9.17, 15) is 22.0 Å². The summed E-state index contributed by atoms with van der Waals surface area (Å²) in [5, 5.41) is 0. The summed E-state index contributed by atoms with van der Waals surface area (Å²) in [6.07, 6.45) is -2.69. The van der Waals surface area contributed by atoms with Crippen molar-refractivity contribution in [2.75, 3.05) is 18.0 Å². The zero-order valence-electron chi connectivity index (χ0n) is 12.2. The SMILES string of the molecule is NC1CN(c2ccc(C(F)(F)F)c3c2CCC=N3)CC(F)(F)C1. The van der Waals surface area contributed by atoms with E-state index < -0.39 is 36.7 Å². The first-order chi connectivity index (χ1) is 10.7. The van der Waals surface area contributed by atoms with Gasteiger partial charge in [0.15, 0.2) is 0 Å². The van der Waals surface area contributed by atoms with Gasteiger partial charge in [0, 0.05) is 36.5 Å². The molecule has 0 amide bonds. The van der Waals surface area contributed by atoms with Crippen LogP contribution < -0.4 is 10.6 Å². The molecule has 3 rings (SSSR count). The summed E-state index contributed by atoms with van der Waals surface area (Å²) in [6.45, 7) is -0.348. The molecule has 0 bridgehead atoms. The van der Waals surface area contributed by atoms with E-state index in [2.05, 4.69) is 4.99 Å². The van der Waals surface area contributed by atoms with Crippen LogP contribution in [0.3, 0.4) is 0 Å². The van der Waals surface area contributed by atoms with Gasteiger partial charge in [-0.2, -0.15) is 13.2 Å². The van der Waals surface area contributed by atoms with Crippen molar-refractivity contribution in [1.29, 1.82) is 0 Å². The minimum absolute atomic E-state index is 0.163. The van der Waals surface area contributed by atoms with E-state index in [4.69, 9.17) is 5.73 Å². The van der Waals surface area contributed by atoms with Crippen molar-refractivity contribution in [2.24, 2.45) is 10.7 Å². The Labute approximate surface area is 130 Å². The molecular formula is C15H16F5N3. The molecule has 2 N–H and O–H groups in total. The van der Waals surface area contributed by atoms with Crippen LogP contribution in [0.4, 0.5) is 33.3 Å². The first kappa shape index (κ1) is 16.2. The third-order valence-corrected chi connectivity index (χ3v) is 4.09. The normalized spacial score (nSPS) is 23.7. The second kappa shape index (κ2) is 5.43. The lowest BCUT2D eigenvalue weighted by Gasteiger charge is -2.39. The first-order valence-corrected chi connectivity index (χ1v) is 7.31. The Kier molecular flexibility index (Phi) is 3.82. The highest BCUT2D eigenvalue weighted by Crippen LogP contribution is 2.44. The topological polar surface area (TPSA) is 41.6 Å². The maximum absolute atomic E-state index is 13.8. The van der Waals surface area contributed by atoms with Crippen molar-refractivity contribution in [1.82, 2.24) is 0 Å². The number of aliphatic imine (C=N–C) groups is 1. The van der Waals surface area contributed by atoms with Gasteiger partial charge in [0.05, 0.1) is 17.8 Å². The number of nitrogens with two attached hydrogens (primary N) is 1. The molecule has 0 radical (unpaired) electrons. The summed E-state index contributed by atoms with van der Waals surface area (Å²) in [5.41, 5.74) is 5.43. The van der Waals surface area contributed by atoms with Crippen molar-refractivity contribution in [2.45, 2.75) is 37.4 Å². The molecule has 2 aliphatic rings. The van der Waals surface area contributed by atoms with Crippen LogP contribution in [0.2, 0.25) is 0 Å². The number of alkyl halides is 5. The second-order valence-corrected chi connectivity index (χ2v) is 6.01. The maximum atomic E-state index is 13.8. The van der Waals surface area contributed by atoms with E-state index in [1.165, 1.54) is 17.2 Å². The predicted octanol–water partition coefficient (Wildman–Crippen LogP) is 3.53. The fourth-order valence-electron chi connectivity index (χ4n) is 3.23. The molecule has 0 aromatic heterocycles. The zero-order chi connectivity index (χ0) is 16.8. The number of hydrogen-bond donors (Lipinski definition) is 1. The fraction of sp³-hybridized carbons (Fsp3) is 0.533. The van der Waals surface area contributed by atoms with Gasteiger partial charge in [-0.25, -0.2) is 8.78 Å². The number of halogens is 5. The van der Waals surface area contributed by atoms with Crippen LogP contribution >= 0.6 is 0 Å². The summed E-state index contributed by atoms with van der Waals surface area (Å²) in [5.74, 6) is -2.95. The Balaban J connectivity index is 2.06. The minimum atomic E-state index is -4.53. The lowest BCUT2D eigenvalue weighted by molar-refractivity contribution is -0.137. The Hall–Kier alpha value is -1.70. The number of anilines is 1. The molecule has 126 valence electrons. The highest BCUT2D eigenvalue weighted by molar-refractivity contribution is 5.77. The minimum Gasteiger partial charge on any atom is -0.364 e. The molecule has 1 aromatic carbocycles. The molecule has 1 atom stereocenters. The van der Waals surface area contributed by atoms with E-state index in [1.807, 2.05) is 0 Å². The molecule has 23 heavy (non-hydrogen) atoms. The van der Waals surface area contributed by atoms with Crippen molar-refractivity contribution >= 4 is 17.6 Å². The van der Waals surface area contributed by atoms with Gasteiger partial charge in [0.25, 0.3) is 5.92 Å². The third kappa shape index (κ3) is 3.17. The average molecular weight is 333 g/mol. The lowest BCUT2D eigenvalue weighted by atomic mass is 9.95. The highest BCUT2D eigenvalue weighted by Gasteiger charge is 2.41. The van der Waals surface area contributed by atoms with Crippen LogP contribution in [0.25, 0.3) is 0 Å². The first-order valence-electron chi connectivity index (χ1n) is 7.31. The van der Waals surface area contributed by atoms with Gasteiger partial charge in [-0.1, -0.05) is 0 Å². The maximum Gasteiger partial charge on any atom is 0.418 e. The van der Waals surface area contributed by atoms with Crippen LogP contribution in [0.5, 0.6) is 0 Å². The molecule has 1 fully saturated rings. The molecule has 0 spiro atoms. The van der Waals surface area contributed by atoms with Crippen molar-refractivity contribution in [3.8, 4) is 0 Å².